The van der Waals surface area contributed by atoms with Crippen molar-refractivity contribution in [1.29, 1.82) is 0 Å². The van der Waals surface area contributed by atoms with E-state index in [9.17, 15) is 48.9 Å². The van der Waals surface area contributed by atoms with Crippen LogP contribution in [0.1, 0.15) is 46.5 Å². The Morgan fingerprint density at radius 1 is 0.434 bits per heavy atom. The molecule has 8 N–H and O–H groups in total. The van der Waals surface area contributed by atoms with Gasteiger partial charge in [-0.05, 0) is 33.6 Å². The van der Waals surface area contributed by atoms with Crippen LogP contribution in [-0.4, -0.2) is 332 Å². The number of nitrogens with one attached hydrogen (secondary N) is 3. The number of carboxylic acids is 3. The number of hydrogen-bond donors (Lipinski definition) is 7. The summed E-state index contributed by atoms with van der Waals surface area (Å²) in [4.78, 5) is 93.0. The van der Waals surface area contributed by atoms with Crippen molar-refractivity contribution >= 4 is 41.6 Å². The molecule has 2 unspecified atom stereocenters. The number of esters is 1. The lowest BCUT2D eigenvalue weighted by molar-refractivity contribution is -0.162. The number of nitrogens with two attached hydrogens (primary N) is 1. The molecule has 2 atom stereocenters. The number of carbonyl (C=O) groups excluding carboxylic acids is 4. The number of ether oxygens (including phenoxy) is 12. The van der Waals surface area contributed by atoms with Crippen molar-refractivity contribution in [3.63, 3.8) is 0 Å². The molecule has 83 heavy (non-hydrogen) atoms. The summed E-state index contributed by atoms with van der Waals surface area (Å²) in [6.07, 6.45) is 0.302. The fourth-order valence-electron chi connectivity index (χ4n) is 7.60. The maximum Gasteiger partial charge on any atom is 0.323 e. The minimum Gasteiger partial charge on any atom is -0.480 e. The molecule has 484 valence electrons. The second kappa shape index (κ2) is 50.9. The highest BCUT2D eigenvalue weighted by molar-refractivity contribution is 5.83. The van der Waals surface area contributed by atoms with Crippen molar-refractivity contribution in [3.05, 3.63) is 0 Å². The van der Waals surface area contributed by atoms with Gasteiger partial charge in [-0.3, -0.25) is 53.2 Å². The van der Waals surface area contributed by atoms with Gasteiger partial charge in [-0.25, -0.2) is 0 Å². The largest absolute Gasteiger partial charge is 0.480 e. The van der Waals surface area contributed by atoms with Crippen LogP contribution >= 0.6 is 0 Å². The fourth-order valence-corrected chi connectivity index (χ4v) is 7.60. The van der Waals surface area contributed by atoms with Crippen LogP contribution < -0.4 is 21.7 Å². The van der Waals surface area contributed by atoms with Crippen LogP contribution in [0.15, 0.2) is 0 Å². The van der Waals surface area contributed by atoms with Crippen LogP contribution in [0.3, 0.4) is 0 Å². The minimum absolute atomic E-state index is 0.0452. The molecule has 1 saturated heterocycles. The summed E-state index contributed by atoms with van der Waals surface area (Å²) >= 11 is 0. The van der Waals surface area contributed by atoms with E-state index < -0.39 is 41.6 Å². The summed E-state index contributed by atoms with van der Waals surface area (Å²) in [5.41, 5.74) is 5.09. The molecule has 0 aromatic heterocycles. The third-order valence-corrected chi connectivity index (χ3v) is 11.8. The summed E-state index contributed by atoms with van der Waals surface area (Å²) in [5.74, 6) is -4.72. The lowest BCUT2D eigenvalue weighted by Gasteiger charge is -2.36. The van der Waals surface area contributed by atoms with Gasteiger partial charge < -0.3 is 93.8 Å². The molecular formula is C53H100N8O22. The first-order valence-electron chi connectivity index (χ1n) is 28.5. The second-order valence-corrected chi connectivity index (χ2v) is 19.9. The Hall–Kier alpha value is -4.35. The molecule has 0 bridgehead atoms. The van der Waals surface area contributed by atoms with Gasteiger partial charge in [0.1, 0.15) is 11.6 Å². The number of nitrogens with zero attached hydrogens (tertiary/aromatic N) is 4. The molecule has 0 saturated carbocycles. The third kappa shape index (κ3) is 47.6. The fraction of sp³-hybridized carbons (Fsp3) is 0.868. The third-order valence-electron chi connectivity index (χ3n) is 11.8. The van der Waals surface area contributed by atoms with E-state index in [1.165, 1.54) is 0 Å². The minimum atomic E-state index is -1.07. The van der Waals surface area contributed by atoms with Crippen LogP contribution in [0.4, 0.5) is 0 Å². The molecule has 0 aliphatic carbocycles. The van der Waals surface area contributed by atoms with Crippen molar-refractivity contribution in [2.75, 3.05) is 237 Å². The first kappa shape index (κ1) is 76.7. The van der Waals surface area contributed by atoms with E-state index in [-0.39, 0.29) is 148 Å². The molecule has 0 radical (unpaired) electrons. The van der Waals surface area contributed by atoms with Gasteiger partial charge in [0.2, 0.25) is 17.7 Å². The number of carboxylic acid groups (broad SMARTS) is 3. The van der Waals surface area contributed by atoms with Gasteiger partial charge in [0, 0.05) is 91.9 Å². The maximum atomic E-state index is 13.7. The second-order valence-electron chi connectivity index (χ2n) is 19.9. The predicted octanol–water partition coefficient (Wildman–Crippen LogP) is -2.78. The van der Waals surface area contributed by atoms with E-state index in [2.05, 4.69) is 16.0 Å². The predicted molar refractivity (Wildman–Crippen MR) is 299 cm³/mol. The van der Waals surface area contributed by atoms with Gasteiger partial charge in [-0.15, -0.1) is 0 Å². The van der Waals surface area contributed by atoms with Crippen molar-refractivity contribution < 1.29 is 106 Å². The Morgan fingerprint density at radius 3 is 1.04 bits per heavy atom. The molecule has 1 aliphatic rings. The standard InChI is InChI=1S/C53H100N8O22/c1-53(2,3)83-52(71)45(61-18-16-59(42-49(66)67)14-12-58(41-48(64)65)13-15-60(17-19-61)43-50(68)69)6-8-47(63)56-10-21-74-26-29-78-33-36-81-38-35-79-30-27-75-22-11-57-51(70)44(54)5-7-46(62)55-9-20-73-25-28-77-34-37-82-40-39-80-32-31-76-24-23-72-4/h44-45H,5-43,54H2,1-4H3,(H,55,62)(H,56,63)(H,57,70)(H,64,65)(H,66,67)(H,68,69). The number of hydrogen-bond acceptors (Lipinski definition) is 24. The molecule has 3 amide bonds. The normalized spacial score (nSPS) is 15.2. The van der Waals surface area contributed by atoms with Crippen LogP contribution in [0.5, 0.6) is 0 Å². The summed E-state index contributed by atoms with van der Waals surface area (Å²) in [5, 5.41) is 36.9. The van der Waals surface area contributed by atoms with Crippen molar-refractivity contribution in [1.82, 2.24) is 35.6 Å². The lowest BCUT2D eigenvalue weighted by Crippen LogP contribution is -2.52. The molecule has 1 heterocycles. The van der Waals surface area contributed by atoms with Gasteiger partial charge in [-0.2, -0.15) is 0 Å². The number of methoxy groups -OCH3 is 1. The highest BCUT2D eigenvalue weighted by Crippen LogP contribution is 2.17. The smallest absolute Gasteiger partial charge is 0.323 e. The van der Waals surface area contributed by atoms with Gasteiger partial charge in [0.25, 0.3) is 0 Å². The van der Waals surface area contributed by atoms with E-state index in [1.807, 2.05) is 0 Å². The van der Waals surface area contributed by atoms with Crippen LogP contribution in [0.25, 0.3) is 0 Å². The monoisotopic (exact) mass is 1200 g/mol. The summed E-state index contributed by atoms with van der Waals surface area (Å²) in [7, 11) is 1.62. The van der Waals surface area contributed by atoms with E-state index in [0.717, 1.165) is 0 Å². The van der Waals surface area contributed by atoms with Gasteiger partial charge in [0.05, 0.1) is 164 Å². The maximum absolute atomic E-state index is 13.7. The Balaban J connectivity index is 2.16. The topological polar surface area (TPSA) is 366 Å². The van der Waals surface area contributed by atoms with Gasteiger partial charge in [-0.1, -0.05) is 0 Å². The Labute approximate surface area is 489 Å². The van der Waals surface area contributed by atoms with Crippen LogP contribution in [-0.2, 0) is 90.4 Å². The molecule has 0 aromatic rings. The molecule has 1 fully saturated rings. The van der Waals surface area contributed by atoms with Crippen LogP contribution in [0, 0.1) is 0 Å². The van der Waals surface area contributed by atoms with Gasteiger partial charge >= 0.3 is 23.9 Å². The summed E-state index contributed by atoms with van der Waals surface area (Å²) in [6.45, 7) is 14.7. The molecule has 0 aromatic carbocycles. The Morgan fingerprint density at radius 2 is 0.723 bits per heavy atom. The first-order valence-corrected chi connectivity index (χ1v) is 28.5. The summed E-state index contributed by atoms with van der Waals surface area (Å²) < 4.78 is 65.3. The van der Waals surface area contributed by atoms with E-state index in [0.29, 0.717) is 125 Å². The Bertz CT molecular complexity index is 1690. The number of carbonyl (C=O) groups is 7. The zero-order valence-electron chi connectivity index (χ0n) is 49.7. The number of aliphatic carboxylic acids is 3. The number of amides is 3. The zero-order chi connectivity index (χ0) is 61.2. The molecule has 30 nitrogen and oxygen atoms in total. The SMILES string of the molecule is COCCOCCOCCOCCOCCOCCNC(=O)CCC(N)C(=O)NCCOCCOCCOCCOCCOCCNC(=O)CCC(C(=O)OC(C)(C)C)N1CCN(CC(=O)O)CCN(CC(=O)O)CCN(CC(=O)O)CC1. The average Bonchev–Trinajstić information content (AvgIpc) is 3.49. The van der Waals surface area contributed by atoms with Crippen molar-refractivity contribution in [2.45, 2.75) is 64.1 Å². The van der Waals surface area contributed by atoms with E-state index >= 15 is 0 Å². The Kier molecular flexibility index (Phi) is 47.0. The summed E-state index contributed by atoms with van der Waals surface area (Å²) in [6, 6.07) is -1.76. The quantitative estimate of drug-likeness (QED) is 0.0239. The van der Waals surface area contributed by atoms with Gasteiger partial charge in [0.15, 0.2) is 0 Å². The molecular weight excluding hydrogens is 1100 g/mol. The molecule has 1 aliphatic heterocycles. The van der Waals surface area contributed by atoms with Crippen molar-refractivity contribution in [3.8, 4) is 0 Å². The average molecular weight is 1200 g/mol. The van der Waals surface area contributed by atoms with Crippen molar-refractivity contribution in [2.24, 2.45) is 5.73 Å². The molecule has 1 rings (SSSR count). The molecule has 30 heteroatoms. The van der Waals surface area contributed by atoms with Crippen LogP contribution in [0.2, 0.25) is 0 Å². The first-order chi connectivity index (χ1) is 39.9. The molecule has 0 spiro atoms. The highest BCUT2D eigenvalue weighted by atomic mass is 16.6. The lowest BCUT2D eigenvalue weighted by atomic mass is 10.1. The zero-order valence-corrected chi connectivity index (χ0v) is 49.7. The number of rotatable bonds is 51. The van der Waals surface area contributed by atoms with E-state index in [4.69, 9.17) is 62.6 Å². The highest BCUT2D eigenvalue weighted by Gasteiger charge is 2.32. The van der Waals surface area contributed by atoms with E-state index in [1.54, 1.807) is 47.5 Å².